The molecule has 9 nitrogen and oxygen atoms in total. The predicted molar refractivity (Wildman–Crippen MR) is 91.0 cm³/mol. The number of amides is 1. The van der Waals surface area contributed by atoms with Gasteiger partial charge in [0, 0.05) is 44.6 Å². The first-order valence-electron chi connectivity index (χ1n) is 9.54. The highest BCUT2D eigenvalue weighted by Crippen LogP contribution is 2.44. The third-order valence-corrected chi connectivity index (χ3v) is 6.37. The Morgan fingerprint density at radius 3 is 2.62 bits per heavy atom. The number of aliphatic carboxylic acids is 1. The predicted octanol–water partition coefficient (Wildman–Crippen LogP) is 0.0984. The van der Waals surface area contributed by atoms with E-state index in [0.717, 1.165) is 51.7 Å². The number of likely N-dealkylation sites (tertiary alicyclic amines) is 2. The molecule has 3 aliphatic rings. The Morgan fingerprint density at radius 1 is 1.15 bits per heavy atom. The lowest BCUT2D eigenvalue weighted by atomic mass is 9.81. The van der Waals surface area contributed by atoms with Crippen LogP contribution in [0.3, 0.4) is 0 Å². The van der Waals surface area contributed by atoms with Crippen LogP contribution in [0.1, 0.15) is 32.1 Å². The van der Waals surface area contributed by atoms with Crippen molar-refractivity contribution in [1.29, 1.82) is 0 Å². The summed E-state index contributed by atoms with van der Waals surface area (Å²) in [5, 5.41) is 21.0. The number of hydrogen-bond donors (Lipinski definition) is 1. The van der Waals surface area contributed by atoms with Gasteiger partial charge in [0.2, 0.25) is 5.91 Å². The molecule has 3 fully saturated rings. The molecular formula is C17H26N6O3. The molecule has 0 bridgehead atoms. The van der Waals surface area contributed by atoms with Gasteiger partial charge in [-0.15, -0.1) is 5.10 Å². The second kappa shape index (κ2) is 6.94. The van der Waals surface area contributed by atoms with Crippen LogP contribution < -0.4 is 0 Å². The topological polar surface area (TPSA) is 104 Å². The highest BCUT2D eigenvalue weighted by Gasteiger charge is 2.58. The van der Waals surface area contributed by atoms with Crippen LogP contribution in [0.25, 0.3) is 0 Å². The van der Waals surface area contributed by atoms with E-state index in [0.29, 0.717) is 19.6 Å². The SMILES string of the molecule is O=C(C1CCCC1)N1C[C@@H]2CN(CCCn3cnnn3)C[C@]2(C(=O)O)C1. The Bertz CT molecular complexity index is 659. The number of aryl methyl sites for hydroxylation is 1. The van der Waals surface area contributed by atoms with E-state index in [9.17, 15) is 14.7 Å². The third kappa shape index (κ3) is 3.08. The molecule has 2 aliphatic heterocycles. The highest BCUT2D eigenvalue weighted by atomic mass is 16.4. The Balaban J connectivity index is 1.35. The number of carbonyl (C=O) groups is 2. The summed E-state index contributed by atoms with van der Waals surface area (Å²) in [4.78, 5) is 28.9. The van der Waals surface area contributed by atoms with E-state index in [1.165, 1.54) is 0 Å². The number of carboxylic acids is 1. The number of carboxylic acid groups (broad SMARTS) is 1. The average molecular weight is 362 g/mol. The first-order chi connectivity index (χ1) is 12.6. The number of nitrogens with zero attached hydrogens (tertiary/aromatic N) is 6. The quantitative estimate of drug-likeness (QED) is 0.765. The summed E-state index contributed by atoms with van der Waals surface area (Å²) in [6, 6.07) is 0. The number of carbonyl (C=O) groups excluding carboxylic acids is 1. The first-order valence-corrected chi connectivity index (χ1v) is 9.54. The maximum Gasteiger partial charge on any atom is 0.313 e. The van der Waals surface area contributed by atoms with Gasteiger partial charge in [0.25, 0.3) is 0 Å². The molecular weight excluding hydrogens is 336 g/mol. The maximum atomic E-state index is 12.7. The molecule has 3 heterocycles. The maximum absolute atomic E-state index is 12.7. The van der Waals surface area contributed by atoms with Crippen molar-refractivity contribution in [3.05, 3.63) is 6.33 Å². The van der Waals surface area contributed by atoms with Crippen molar-refractivity contribution in [3.8, 4) is 0 Å². The summed E-state index contributed by atoms with van der Waals surface area (Å²) in [6.07, 6.45) is 6.62. The summed E-state index contributed by atoms with van der Waals surface area (Å²) in [7, 11) is 0. The average Bonchev–Trinajstić information content (AvgIpc) is 3.37. The Kier molecular flexibility index (Phi) is 4.64. The van der Waals surface area contributed by atoms with Crippen molar-refractivity contribution in [1.82, 2.24) is 30.0 Å². The zero-order chi connectivity index (χ0) is 18.1. The molecule has 0 radical (unpaired) electrons. The van der Waals surface area contributed by atoms with Gasteiger partial charge in [-0.3, -0.25) is 9.59 Å². The number of aromatic nitrogens is 4. The van der Waals surface area contributed by atoms with Crippen LogP contribution in [0.15, 0.2) is 6.33 Å². The van der Waals surface area contributed by atoms with Gasteiger partial charge in [-0.2, -0.15) is 0 Å². The monoisotopic (exact) mass is 362 g/mol. The van der Waals surface area contributed by atoms with E-state index in [2.05, 4.69) is 20.4 Å². The van der Waals surface area contributed by atoms with Gasteiger partial charge < -0.3 is 14.9 Å². The van der Waals surface area contributed by atoms with Gasteiger partial charge in [-0.05, 0) is 36.2 Å². The van der Waals surface area contributed by atoms with Crippen molar-refractivity contribution in [3.63, 3.8) is 0 Å². The molecule has 0 aromatic carbocycles. The van der Waals surface area contributed by atoms with Gasteiger partial charge in [-0.25, -0.2) is 4.68 Å². The second-order valence-corrected chi connectivity index (χ2v) is 8.02. The van der Waals surface area contributed by atoms with E-state index >= 15 is 0 Å². The minimum absolute atomic E-state index is 0.0263. The molecule has 1 aromatic rings. The molecule has 1 saturated carbocycles. The van der Waals surface area contributed by atoms with Crippen molar-refractivity contribution >= 4 is 11.9 Å². The van der Waals surface area contributed by atoms with Gasteiger partial charge in [-0.1, -0.05) is 12.8 Å². The number of rotatable bonds is 6. The molecule has 9 heteroatoms. The highest BCUT2D eigenvalue weighted by molar-refractivity contribution is 5.83. The van der Waals surface area contributed by atoms with Crippen LogP contribution in [-0.2, 0) is 16.1 Å². The molecule has 142 valence electrons. The summed E-state index contributed by atoms with van der Waals surface area (Å²) in [5.41, 5.74) is -0.803. The Labute approximate surface area is 152 Å². The van der Waals surface area contributed by atoms with Crippen LogP contribution >= 0.6 is 0 Å². The van der Waals surface area contributed by atoms with E-state index in [1.807, 2.05) is 4.90 Å². The van der Waals surface area contributed by atoms with Crippen LogP contribution in [0.4, 0.5) is 0 Å². The summed E-state index contributed by atoms with van der Waals surface area (Å²) < 4.78 is 1.69. The fourth-order valence-electron chi connectivity index (χ4n) is 4.98. The summed E-state index contributed by atoms with van der Waals surface area (Å²) in [6.45, 7) is 3.77. The molecule has 4 rings (SSSR count). The summed E-state index contributed by atoms with van der Waals surface area (Å²) in [5.74, 6) is -0.430. The zero-order valence-corrected chi connectivity index (χ0v) is 15.0. The number of tetrazole rings is 1. The van der Waals surface area contributed by atoms with E-state index in [-0.39, 0.29) is 17.7 Å². The van der Waals surface area contributed by atoms with Crippen LogP contribution in [0.2, 0.25) is 0 Å². The fraction of sp³-hybridized carbons (Fsp3) is 0.824. The molecule has 0 unspecified atom stereocenters. The van der Waals surface area contributed by atoms with Gasteiger partial charge in [0.15, 0.2) is 0 Å². The second-order valence-electron chi connectivity index (χ2n) is 8.02. The lowest BCUT2D eigenvalue weighted by molar-refractivity contribution is -0.149. The molecule has 1 aromatic heterocycles. The van der Waals surface area contributed by atoms with Crippen molar-refractivity contribution in [2.24, 2.45) is 17.3 Å². The molecule has 0 spiro atoms. The molecule has 1 aliphatic carbocycles. The lowest BCUT2D eigenvalue weighted by Crippen LogP contribution is -2.43. The molecule has 2 saturated heterocycles. The third-order valence-electron chi connectivity index (χ3n) is 6.37. The van der Waals surface area contributed by atoms with Gasteiger partial charge in [0.1, 0.15) is 11.7 Å². The molecule has 2 atom stereocenters. The van der Waals surface area contributed by atoms with Crippen LogP contribution in [0, 0.1) is 17.3 Å². The summed E-state index contributed by atoms with van der Waals surface area (Å²) >= 11 is 0. The minimum Gasteiger partial charge on any atom is -0.481 e. The van der Waals surface area contributed by atoms with Crippen molar-refractivity contribution < 1.29 is 14.7 Å². The number of fused-ring (bicyclic) bond motifs is 1. The normalized spacial score (nSPS) is 29.4. The fourth-order valence-corrected chi connectivity index (χ4v) is 4.98. The molecule has 26 heavy (non-hydrogen) atoms. The van der Waals surface area contributed by atoms with E-state index in [1.54, 1.807) is 11.0 Å². The smallest absolute Gasteiger partial charge is 0.313 e. The van der Waals surface area contributed by atoms with Crippen LogP contribution in [-0.4, -0.2) is 79.7 Å². The zero-order valence-electron chi connectivity index (χ0n) is 15.0. The first kappa shape index (κ1) is 17.4. The van der Waals surface area contributed by atoms with E-state index < -0.39 is 11.4 Å². The Morgan fingerprint density at radius 2 is 1.96 bits per heavy atom. The lowest BCUT2D eigenvalue weighted by Gasteiger charge is -2.26. The molecule has 1 amide bonds. The Hall–Kier alpha value is -2.03. The number of hydrogen-bond acceptors (Lipinski definition) is 6. The minimum atomic E-state index is -0.803. The van der Waals surface area contributed by atoms with Gasteiger partial charge >= 0.3 is 5.97 Å². The van der Waals surface area contributed by atoms with Crippen LogP contribution in [0.5, 0.6) is 0 Å². The van der Waals surface area contributed by atoms with Crippen molar-refractivity contribution in [2.45, 2.75) is 38.6 Å². The largest absolute Gasteiger partial charge is 0.481 e. The standard InChI is InChI=1S/C17H26N6O3/c24-15(13-4-1-2-5-13)22-9-14-8-21(10-17(14,11-22)16(25)26)6-3-7-23-12-18-19-20-23/h12-14H,1-11H2,(H,25,26)/t14-,17-/m0/s1. The van der Waals surface area contributed by atoms with E-state index in [4.69, 9.17) is 0 Å². The van der Waals surface area contributed by atoms with Crippen molar-refractivity contribution in [2.75, 3.05) is 32.7 Å². The van der Waals surface area contributed by atoms with Gasteiger partial charge in [0.05, 0.1) is 0 Å². The molecule has 1 N–H and O–H groups in total.